The second kappa shape index (κ2) is 8.35. The highest BCUT2D eigenvalue weighted by atomic mass is 19.1. The SMILES string of the molecule is Cc1c(-c2ccnc(Nc3ccnn3C)n2)cn2c1-c1nnc(Nc3ccccc3F)n1CCC2. The van der Waals surface area contributed by atoms with E-state index in [0.29, 0.717) is 17.6 Å². The Morgan fingerprint density at radius 3 is 2.71 bits per heavy atom. The number of nitrogens with one attached hydrogen (secondary N) is 2. The Bertz CT molecular complexity index is 1530. The number of para-hydroxylation sites is 1. The van der Waals surface area contributed by atoms with Gasteiger partial charge in [0.1, 0.15) is 11.6 Å². The molecule has 176 valence electrons. The molecule has 0 aliphatic carbocycles. The zero-order valence-corrected chi connectivity index (χ0v) is 19.3. The number of rotatable bonds is 5. The molecule has 5 aromatic rings. The van der Waals surface area contributed by atoms with Crippen LogP contribution in [0.4, 0.5) is 27.8 Å². The molecule has 2 N–H and O–H groups in total. The van der Waals surface area contributed by atoms with Gasteiger partial charge < -0.3 is 15.2 Å². The third-order valence-electron chi connectivity index (χ3n) is 6.19. The first-order chi connectivity index (χ1) is 17.1. The van der Waals surface area contributed by atoms with Crippen molar-refractivity contribution in [1.29, 1.82) is 0 Å². The fraction of sp³-hybridized carbons (Fsp3) is 0.208. The van der Waals surface area contributed by atoms with Gasteiger partial charge in [0.15, 0.2) is 5.82 Å². The molecule has 1 aliphatic rings. The zero-order chi connectivity index (χ0) is 23.9. The first kappa shape index (κ1) is 21.0. The van der Waals surface area contributed by atoms with Crippen LogP contribution in [0.15, 0.2) is 55.0 Å². The Balaban J connectivity index is 1.37. The summed E-state index contributed by atoms with van der Waals surface area (Å²) in [6.45, 7) is 3.61. The van der Waals surface area contributed by atoms with Gasteiger partial charge in [0, 0.05) is 44.2 Å². The summed E-state index contributed by atoms with van der Waals surface area (Å²) in [5.41, 5.74) is 4.19. The lowest BCUT2D eigenvalue weighted by Crippen LogP contribution is -2.06. The molecular weight excluding hydrogens is 447 g/mol. The largest absolute Gasteiger partial charge is 0.344 e. The highest BCUT2D eigenvalue weighted by molar-refractivity contribution is 5.74. The average molecular weight is 471 g/mol. The van der Waals surface area contributed by atoms with Crippen LogP contribution in [0.25, 0.3) is 22.8 Å². The molecular formula is C24H23FN10. The van der Waals surface area contributed by atoms with Crippen molar-refractivity contribution >= 4 is 23.4 Å². The number of nitrogens with zero attached hydrogens (tertiary/aromatic N) is 8. The van der Waals surface area contributed by atoms with Gasteiger partial charge in [-0.2, -0.15) is 5.10 Å². The maximum atomic E-state index is 14.2. The van der Waals surface area contributed by atoms with Gasteiger partial charge in [-0.3, -0.25) is 9.25 Å². The standard InChI is InChI=1S/C24H23FN10/c1-15-16(18-8-10-26-23(28-18)30-20-9-11-27-33(20)2)14-34-12-5-13-35-22(21(15)34)31-32-24(35)29-19-7-4-3-6-17(19)25/h3-4,6-11,14H,5,12-13H2,1-2H3,(H,29,32)(H,26,28,30). The molecule has 0 radical (unpaired) electrons. The fourth-order valence-corrected chi connectivity index (χ4v) is 4.44. The molecule has 0 atom stereocenters. The van der Waals surface area contributed by atoms with Gasteiger partial charge in [0.05, 0.1) is 23.3 Å². The lowest BCUT2D eigenvalue weighted by molar-refractivity contribution is 0.596. The quantitative estimate of drug-likeness (QED) is 0.395. The number of fused-ring (bicyclic) bond motifs is 3. The smallest absolute Gasteiger partial charge is 0.229 e. The van der Waals surface area contributed by atoms with Crippen LogP contribution in [0.2, 0.25) is 0 Å². The maximum Gasteiger partial charge on any atom is 0.229 e. The van der Waals surface area contributed by atoms with Crippen molar-refractivity contribution < 1.29 is 4.39 Å². The third kappa shape index (κ3) is 3.70. The minimum absolute atomic E-state index is 0.334. The van der Waals surface area contributed by atoms with Crippen LogP contribution in [0, 0.1) is 12.7 Å². The van der Waals surface area contributed by atoms with E-state index in [-0.39, 0.29) is 5.82 Å². The Hall–Kier alpha value is -4.54. The molecule has 0 unspecified atom stereocenters. The van der Waals surface area contributed by atoms with E-state index in [1.54, 1.807) is 35.3 Å². The van der Waals surface area contributed by atoms with E-state index in [2.05, 4.69) is 48.6 Å². The van der Waals surface area contributed by atoms with Crippen LogP contribution < -0.4 is 10.6 Å². The lowest BCUT2D eigenvalue weighted by atomic mass is 10.1. The van der Waals surface area contributed by atoms with Crippen LogP contribution in [-0.2, 0) is 20.1 Å². The number of halogens is 1. The molecule has 0 amide bonds. The van der Waals surface area contributed by atoms with E-state index in [0.717, 1.165) is 53.7 Å². The number of aromatic nitrogens is 8. The van der Waals surface area contributed by atoms with Crippen molar-refractivity contribution in [2.45, 2.75) is 26.4 Å². The number of hydrogen-bond donors (Lipinski definition) is 2. The van der Waals surface area contributed by atoms with Crippen molar-refractivity contribution in [3.63, 3.8) is 0 Å². The van der Waals surface area contributed by atoms with E-state index in [9.17, 15) is 4.39 Å². The van der Waals surface area contributed by atoms with Gasteiger partial charge in [0.25, 0.3) is 0 Å². The highest BCUT2D eigenvalue weighted by Crippen LogP contribution is 2.36. The zero-order valence-electron chi connectivity index (χ0n) is 19.3. The Kier molecular flexibility index (Phi) is 5.02. The number of hydrogen-bond acceptors (Lipinski definition) is 7. The van der Waals surface area contributed by atoms with Crippen LogP contribution in [0.1, 0.15) is 12.0 Å². The van der Waals surface area contributed by atoms with Crippen molar-refractivity contribution in [2.24, 2.45) is 7.05 Å². The first-order valence-corrected chi connectivity index (χ1v) is 11.3. The van der Waals surface area contributed by atoms with Gasteiger partial charge in [-0.05, 0) is 37.1 Å². The molecule has 1 aromatic carbocycles. The molecule has 6 rings (SSSR count). The molecule has 35 heavy (non-hydrogen) atoms. The molecule has 0 fully saturated rings. The van der Waals surface area contributed by atoms with Crippen LogP contribution in [0.3, 0.4) is 0 Å². The number of anilines is 4. The summed E-state index contributed by atoms with van der Waals surface area (Å²) in [5, 5.41) is 19.3. The summed E-state index contributed by atoms with van der Waals surface area (Å²) < 4.78 is 20.1. The summed E-state index contributed by atoms with van der Waals surface area (Å²) >= 11 is 0. The highest BCUT2D eigenvalue weighted by Gasteiger charge is 2.25. The Labute approximate surface area is 200 Å². The summed E-state index contributed by atoms with van der Waals surface area (Å²) in [5.74, 6) is 2.22. The fourth-order valence-electron chi connectivity index (χ4n) is 4.44. The predicted molar refractivity (Wildman–Crippen MR) is 130 cm³/mol. The van der Waals surface area contributed by atoms with Crippen LogP contribution in [0.5, 0.6) is 0 Å². The Morgan fingerprint density at radius 2 is 1.89 bits per heavy atom. The molecule has 0 spiro atoms. The predicted octanol–water partition coefficient (Wildman–Crippen LogP) is 4.28. The van der Waals surface area contributed by atoms with E-state index in [1.807, 2.05) is 23.7 Å². The molecule has 10 nitrogen and oxygen atoms in total. The summed E-state index contributed by atoms with van der Waals surface area (Å²) in [4.78, 5) is 9.10. The maximum absolute atomic E-state index is 14.2. The molecule has 0 saturated carbocycles. The summed E-state index contributed by atoms with van der Waals surface area (Å²) in [7, 11) is 1.85. The molecule has 0 bridgehead atoms. The normalized spacial score (nSPS) is 12.7. The van der Waals surface area contributed by atoms with Gasteiger partial charge in [-0.15, -0.1) is 10.2 Å². The summed E-state index contributed by atoms with van der Waals surface area (Å²) in [6, 6.07) is 10.3. The average Bonchev–Trinajstić information content (AvgIpc) is 3.49. The topological polar surface area (TPSA) is 103 Å². The van der Waals surface area contributed by atoms with Gasteiger partial charge >= 0.3 is 0 Å². The van der Waals surface area contributed by atoms with E-state index in [4.69, 9.17) is 4.98 Å². The van der Waals surface area contributed by atoms with Crippen molar-refractivity contribution in [3.05, 3.63) is 66.4 Å². The van der Waals surface area contributed by atoms with Gasteiger partial charge in [-0.25, -0.2) is 14.4 Å². The minimum atomic E-state index is -0.334. The van der Waals surface area contributed by atoms with Crippen LogP contribution >= 0.6 is 0 Å². The number of benzene rings is 1. The van der Waals surface area contributed by atoms with E-state index < -0.39 is 0 Å². The van der Waals surface area contributed by atoms with Crippen LogP contribution in [-0.4, -0.2) is 39.1 Å². The molecule has 1 aliphatic heterocycles. The molecule has 4 aromatic heterocycles. The van der Waals surface area contributed by atoms with Crippen molar-refractivity contribution in [2.75, 3.05) is 10.6 Å². The number of aryl methyl sites for hydroxylation is 2. The second-order valence-corrected chi connectivity index (χ2v) is 8.40. The van der Waals surface area contributed by atoms with E-state index in [1.165, 1.54) is 6.07 Å². The second-order valence-electron chi connectivity index (χ2n) is 8.40. The summed E-state index contributed by atoms with van der Waals surface area (Å²) in [6.07, 6.45) is 6.44. The van der Waals surface area contributed by atoms with Crippen molar-refractivity contribution in [3.8, 4) is 22.8 Å². The van der Waals surface area contributed by atoms with E-state index >= 15 is 0 Å². The minimum Gasteiger partial charge on any atom is -0.344 e. The molecule has 11 heteroatoms. The monoisotopic (exact) mass is 470 g/mol. The third-order valence-corrected chi connectivity index (χ3v) is 6.19. The molecule has 5 heterocycles. The van der Waals surface area contributed by atoms with Crippen molar-refractivity contribution in [1.82, 2.24) is 39.1 Å². The molecule has 0 saturated heterocycles. The first-order valence-electron chi connectivity index (χ1n) is 11.3. The van der Waals surface area contributed by atoms with Gasteiger partial charge in [0.2, 0.25) is 11.9 Å². The van der Waals surface area contributed by atoms with Gasteiger partial charge in [-0.1, -0.05) is 12.1 Å². The lowest BCUT2D eigenvalue weighted by Gasteiger charge is -2.10. The Morgan fingerprint density at radius 1 is 1.00 bits per heavy atom.